The molecule has 1 aromatic carbocycles. The average Bonchev–Trinajstić information content (AvgIpc) is 3.60. The first-order valence-electron chi connectivity index (χ1n) is 12.2. The van der Waals surface area contributed by atoms with Crippen molar-refractivity contribution in [3.05, 3.63) is 54.0 Å². The fraction of sp³-hybridized carbons (Fsp3) is 0.600. The van der Waals surface area contributed by atoms with E-state index in [4.69, 9.17) is 4.74 Å². The Morgan fingerprint density at radius 3 is 2.33 bits per heavy atom. The Kier molecular flexibility index (Phi) is 6.67. The van der Waals surface area contributed by atoms with Crippen LogP contribution in [0, 0.1) is 0 Å². The monoisotopic (exact) mass is 470 g/mol. The van der Waals surface area contributed by atoms with E-state index in [-0.39, 0.29) is 18.2 Å². The second kappa shape index (κ2) is 9.68. The van der Waals surface area contributed by atoms with Crippen molar-refractivity contribution in [2.75, 3.05) is 24.3 Å². The first kappa shape index (κ1) is 22.7. The van der Waals surface area contributed by atoms with Crippen molar-refractivity contribution in [1.29, 1.82) is 0 Å². The first-order chi connectivity index (χ1) is 16.0. The van der Waals surface area contributed by atoms with Crippen molar-refractivity contribution < 1.29 is 13.2 Å². The third-order valence-corrected chi connectivity index (χ3v) is 8.04. The average molecular weight is 471 g/mol. The normalized spacial score (nSPS) is 28.2. The van der Waals surface area contributed by atoms with Crippen LogP contribution in [0.3, 0.4) is 0 Å². The highest BCUT2D eigenvalue weighted by atomic mass is 32.2. The van der Waals surface area contributed by atoms with Gasteiger partial charge in [-0.2, -0.15) is 0 Å². The first-order valence-corrected chi connectivity index (χ1v) is 14.1. The summed E-state index contributed by atoms with van der Waals surface area (Å²) in [4.78, 5) is 11.5. The molecule has 2 saturated carbocycles. The Labute approximate surface area is 197 Å². The molecule has 2 heterocycles. The number of nitrogens with zero attached hydrogens (tertiary/aromatic N) is 3. The van der Waals surface area contributed by atoms with E-state index in [0.29, 0.717) is 18.4 Å². The van der Waals surface area contributed by atoms with Crippen molar-refractivity contribution in [3.8, 4) is 0 Å². The van der Waals surface area contributed by atoms with Gasteiger partial charge in [-0.25, -0.2) is 18.1 Å². The molecule has 33 heavy (non-hydrogen) atoms. The summed E-state index contributed by atoms with van der Waals surface area (Å²) in [6.45, 7) is 1.22. The van der Waals surface area contributed by atoms with Crippen LogP contribution < -0.4 is 9.62 Å². The molecule has 0 radical (unpaired) electrons. The topological polar surface area (TPSA) is 84.4 Å². The van der Waals surface area contributed by atoms with Crippen molar-refractivity contribution >= 4 is 15.8 Å². The van der Waals surface area contributed by atoms with Crippen LogP contribution in [-0.4, -0.2) is 56.0 Å². The largest absolute Gasteiger partial charge is 0.376 e. The van der Waals surface area contributed by atoms with E-state index in [1.807, 2.05) is 12.4 Å². The second-order valence-electron chi connectivity index (χ2n) is 9.84. The van der Waals surface area contributed by atoms with Gasteiger partial charge in [0.25, 0.3) is 0 Å². The van der Waals surface area contributed by atoms with Crippen LogP contribution in [-0.2, 0) is 14.8 Å². The molecule has 0 amide bonds. The minimum absolute atomic E-state index is 0.0901. The zero-order valence-corrected chi connectivity index (χ0v) is 20.1. The second-order valence-corrected chi connectivity index (χ2v) is 11.6. The van der Waals surface area contributed by atoms with Crippen LogP contribution in [0.15, 0.2) is 42.7 Å². The minimum atomic E-state index is -3.31. The van der Waals surface area contributed by atoms with Crippen molar-refractivity contribution in [1.82, 2.24) is 14.7 Å². The molecule has 0 spiro atoms. The maximum absolute atomic E-state index is 12.0. The quantitative estimate of drug-likeness (QED) is 0.635. The number of sulfonamides is 1. The van der Waals surface area contributed by atoms with Crippen molar-refractivity contribution in [2.24, 2.45) is 0 Å². The number of benzene rings is 1. The predicted octanol–water partition coefficient (Wildman–Crippen LogP) is 3.59. The Balaban J connectivity index is 1.22. The summed E-state index contributed by atoms with van der Waals surface area (Å²) in [5.41, 5.74) is 2.48. The number of anilines is 1. The van der Waals surface area contributed by atoms with Gasteiger partial charge in [0.15, 0.2) is 0 Å². The molecule has 1 aromatic heterocycles. The molecular weight excluding hydrogens is 436 g/mol. The third kappa shape index (κ3) is 5.73. The summed E-state index contributed by atoms with van der Waals surface area (Å²) in [5.74, 6) is 1.97. The van der Waals surface area contributed by atoms with Gasteiger partial charge in [0.05, 0.1) is 43.1 Å². The van der Waals surface area contributed by atoms with Gasteiger partial charge in [0.1, 0.15) is 5.82 Å². The number of aromatic nitrogens is 2. The summed E-state index contributed by atoms with van der Waals surface area (Å²) in [7, 11) is -3.31. The molecule has 3 aliphatic rings. The summed E-state index contributed by atoms with van der Waals surface area (Å²) in [6.07, 6.45) is 12.6. The summed E-state index contributed by atoms with van der Waals surface area (Å²) in [5, 5.41) is 0. The fourth-order valence-corrected chi connectivity index (χ4v) is 6.17. The Morgan fingerprint density at radius 1 is 0.970 bits per heavy atom. The maximum Gasteiger partial charge on any atom is 0.209 e. The zero-order valence-electron chi connectivity index (χ0n) is 19.3. The Hall–Kier alpha value is -2.03. The fourth-order valence-electron chi connectivity index (χ4n) is 5.35. The lowest BCUT2D eigenvalue weighted by molar-refractivity contribution is 0.0156. The standard InChI is InChI=1S/C25H34N4O3S/c1-33(30,31)28-22-13-14-29(25-16-26-23(15-27-25)20-7-8-20)24(22)17-32-21-11-9-19(10-12-21)18-5-3-2-4-6-18/h2-6,15-16,19-22,24,28H,7-14,17H2,1H3/t19?,21?,22-,24-/m0/s1. The van der Waals surface area contributed by atoms with Crippen molar-refractivity contribution in [3.63, 3.8) is 0 Å². The van der Waals surface area contributed by atoms with E-state index in [2.05, 4.69) is 49.9 Å². The number of rotatable bonds is 8. The van der Waals surface area contributed by atoms with E-state index >= 15 is 0 Å². The van der Waals surface area contributed by atoms with Gasteiger partial charge in [0.2, 0.25) is 10.0 Å². The van der Waals surface area contributed by atoms with Gasteiger partial charge in [-0.3, -0.25) is 4.98 Å². The van der Waals surface area contributed by atoms with Gasteiger partial charge in [-0.1, -0.05) is 30.3 Å². The van der Waals surface area contributed by atoms with Crippen LogP contribution >= 0.6 is 0 Å². The maximum atomic E-state index is 12.0. The molecule has 0 unspecified atom stereocenters. The Bertz CT molecular complexity index is 1020. The van der Waals surface area contributed by atoms with E-state index in [0.717, 1.165) is 50.2 Å². The number of hydrogen-bond acceptors (Lipinski definition) is 6. The summed E-state index contributed by atoms with van der Waals surface area (Å²) >= 11 is 0. The van der Waals surface area contributed by atoms with E-state index in [1.54, 1.807) is 0 Å². The number of hydrogen-bond donors (Lipinski definition) is 1. The Morgan fingerprint density at radius 2 is 1.70 bits per heavy atom. The molecule has 5 rings (SSSR count). The molecule has 2 aromatic rings. The van der Waals surface area contributed by atoms with Gasteiger partial charge in [0, 0.05) is 18.5 Å². The molecule has 3 fully saturated rings. The highest BCUT2D eigenvalue weighted by Gasteiger charge is 2.38. The van der Waals surface area contributed by atoms with Gasteiger partial charge < -0.3 is 9.64 Å². The van der Waals surface area contributed by atoms with Crippen LogP contribution in [0.2, 0.25) is 0 Å². The molecule has 8 heteroatoms. The van der Waals surface area contributed by atoms with Gasteiger partial charge in [-0.15, -0.1) is 0 Å². The third-order valence-electron chi connectivity index (χ3n) is 7.31. The molecule has 1 saturated heterocycles. The SMILES string of the molecule is CS(=O)(=O)N[C@H]1CCN(c2cnc(C3CC3)cn2)[C@H]1COC1CCC(c2ccccc2)CC1. The lowest BCUT2D eigenvalue weighted by Crippen LogP contribution is -2.48. The molecule has 2 aliphatic carbocycles. The summed E-state index contributed by atoms with van der Waals surface area (Å²) in [6, 6.07) is 10.5. The molecular formula is C25H34N4O3S. The van der Waals surface area contributed by atoms with E-state index in [1.165, 1.54) is 24.7 Å². The molecule has 2 atom stereocenters. The van der Waals surface area contributed by atoms with E-state index < -0.39 is 10.0 Å². The van der Waals surface area contributed by atoms with Gasteiger partial charge in [-0.05, 0) is 56.4 Å². The molecule has 0 bridgehead atoms. The molecule has 1 aliphatic heterocycles. The zero-order chi connectivity index (χ0) is 22.8. The van der Waals surface area contributed by atoms with Crippen molar-refractivity contribution in [2.45, 2.75) is 75.0 Å². The predicted molar refractivity (Wildman–Crippen MR) is 129 cm³/mol. The number of nitrogens with one attached hydrogen (secondary N) is 1. The van der Waals surface area contributed by atoms with Crippen LogP contribution in [0.5, 0.6) is 0 Å². The van der Waals surface area contributed by atoms with Crippen LogP contribution in [0.4, 0.5) is 5.82 Å². The minimum Gasteiger partial charge on any atom is -0.376 e. The number of ether oxygens (including phenoxy) is 1. The van der Waals surface area contributed by atoms with E-state index in [9.17, 15) is 8.42 Å². The highest BCUT2D eigenvalue weighted by Crippen LogP contribution is 2.39. The van der Waals surface area contributed by atoms with Crippen LogP contribution in [0.25, 0.3) is 0 Å². The lowest BCUT2D eigenvalue weighted by atomic mass is 9.83. The lowest BCUT2D eigenvalue weighted by Gasteiger charge is -2.33. The highest BCUT2D eigenvalue weighted by molar-refractivity contribution is 7.88. The molecule has 7 nitrogen and oxygen atoms in total. The van der Waals surface area contributed by atoms with Crippen LogP contribution in [0.1, 0.15) is 68.0 Å². The summed E-state index contributed by atoms with van der Waals surface area (Å²) < 4.78 is 33.2. The van der Waals surface area contributed by atoms with Gasteiger partial charge >= 0.3 is 0 Å². The molecule has 1 N–H and O–H groups in total. The smallest absolute Gasteiger partial charge is 0.209 e. The molecule has 178 valence electrons.